The van der Waals surface area contributed by atoms with Crippen molar-refractivity contribution in [3.05, 3.63) is 29.8 Å². The highest BCUT2D eigenvalue weighted by Crippen LogP contribution is 2.27. The lowest BCUT2D eigenvalue weighted by atomic mass is 9.94. The summed E-state index contributed by atoms with van der Waals surface area (Å²) in [5.74, 6) is 0.690. The standard InChI is InChI=1S/C19H29N3O3S.ClH/c1-14-10-15(2)13-21(12-14)26(24,25)18-6-4-17(5-7-18)19(23)22-9-8-20-11-16(22)3;/h4-7,14-16,20H,8-13H2,1-3H3;1H. The number of piperazine rings is 1. The number of amides is 1. The molecule has 2 saturated heterocycles. The van der Waals surface area contributed by atoms with E-state index in [-0.39, 0.29) is 29.3 Å². The van der Waals surface area contributed by atoms with Crippen molar-refractivity contribution in [3.8, 4) is 0 Å². The van der Waals surface area contributed by atoms with Crippen LogP contribution >= 0.6 is 12.4 Å². The summed E-state index contributed by atoms with van der Waals surface area (Å²) in [6.45, 7) is 9.56. The van der Waals surface area contributed by atoms with Gasteiger partial charge < -0.3 is 10.2 Å². The predicted molar refractivity (Wildman–Crippen MR) is 109 cm³/mol. The largest absolute Gasteiger partial charge is 0.333 e. The molecule has 2 fully saturated rings. The molecule has 0 aromatic heterocycles. The first-order valence-corrected chi connectivity index (χ1v) is 10.8. The molecule has 152 valence electrons. The topological polar surface area (TPSA) is 69.7 Å². The molecule has 1 amide bonds. The number of nitrogens with zero attached hydrogens (tertiary/aromatic N) is 2. The van der Waals surface area contributed by atoms with Gasteiger partial charge in [0.1, 0.15) is 0 Å². The molecule has 0 radical (unpaired) electrons. The van der Waals surface area contributed by atoms with Gasteiger partial charge in [-0.2, -0.15) is 4.31 Å². The van der Waals surface area contributed by atoms with Crippen molar-refractivity contribution in [2.75, 3.05) is 32.7 Å². The van der Waals surface area contributed by atoms with Crippen molar-refractivity contribution in [1.29, 1.82) is 0 Å². The summed E-state index contributed by atoms with van der Waals surface area (Å²) in [5.41, 5.74) is 0.540. The van der Waals surface area contributed by atoms with E-state index in [2.05, 4.69) is 19.2 Å². The molecular formula is C19H30ClN3O3S. The Morgan fingerprint density at radius 2 is 1.67 bits per heavy atom. The first-order chi connectivity index (χ1) is 12.3. The summed E-state index contributed by atoms with van der Waals surface area (Å²) in [4.78, 5) is 14.8. The highest BCUT2D eigenvalue weighted by Gasteiger charge is 2.32. The fourth-order valence-corrected chi connectivity index (χ4v) is 5.71. The first kappa shape index (κ1) is 22.1. The Labute approximate surface area is 168 Å². The average Bonchev–Trinajstić information content (AvgIpc) is 2.61. The summed E-state index contributed by atoms with van der Waals surface area (Å²) >= 11 is 0. The van der Waals surface area contributed by atoms with Crippen LogP contribution in [0.2, 0.25) is 0 Å². The lowest BCUT2D eigenvalue weighted by molar-refractivity contribution is 0.0655. The van der Waals surface area contributed by atoms with Crippen LogP contribution in [-0.2, 0) is 10.0 Å². The summed E-state index contributed by atoms with van der Waals surface area (Å²) in [6.07, 6.45) is 1.06. The van der Waals surface area contributed by atoms with E-state index in [1.54, 1.807) is 28.6 Å². The van der Waals surface area contributed by atoms with E-state index < -0.39 is 10.0 Å². The SMILES string of the molecule is CC1CC(C)CN(S(=O)(=O)c2ccc(C(=O)N3CCNCC3C)cc2)C1.Cl. The monoisotopic (exact) mass is 415 g/mol. The van der Waals surface area contributed by atoms with Gasteiger partial charge >= 0.3 is 0 Å². The quantitative estimate of drug-likeness (QED) is 0.821. The molecule has 6 nitrogen and oxygen atoms in total. The van der Waals surface area contributed by atoms with Gasteiger partial charge in [-0.15, -0.1) is 12.4 Å². The van der Waals surface area contributed by atoms with Crippen LogP contribution in [0.5, 0.6) is 0 Å². The third kappa shape index (κ3) is 4.83. The van der Waals surface area contributed by atoms with Gasteiger partial charge in [-0.25, -0.2) is 8.42 Å². The summed E-state index contributed by atoms with van der Waals surface area (Å²) < 4.78 is 27.5. The molecule has 0 aliphatic carbocycles. The molecule has 0 saturated carbocycles. The predicted octanol–water partition coefficient (Wildman–Crippen LogP) is 2.21. The number of hydrogen-bond donors (Lipinski definition) is 1. The minimum atomic E-state index is -3.51. The van der Waals surface area contributed by atoms with Crippen LogP contribution in [-0.4, -0.2) is 62.3 Å². The van der Waals surface area contributed by atoms with Crippen LogP contribution in [0.25, 0.3) is 0 Å². The van der Waals surface area contributed by atoms with Gasteiger partial charge in [0.15, 0.2) is 0 Å². The van der Waals surface area contributed by atoms with Crippen molar-refractivity contribution in [1.82, 2.24) is 14.5 Å². The molecule has 0 bridgehead atoms. The van der Waals surface area contributed by atoms with Crippen molar-refractivity contribution < 1.29 is 13.2 Å². The van der Waals surface area contributed by atoms with E-state index in [1.807, 2.05) is 11.8 Å². The van der Waals surface area contributed by atoms with E-state index in [1.165, 1.54) is 0 Å². The first-order valence-electron chi connectivity index (χ1n) is 9.41. The Morgan fingerprint density at radius 3 is 2.22 bits per heavy atom. The van der Waals surface area contributed by atoms with Gasteiger partial charge in [-0.05, 0) is 49.4 Å². The molecule has 1 N–H and O–H groups in total. The third-order valence-corrected chi connectivity index (χ3v) is 7.18. The highest BCUT2D eigenvalue weighted by atomic mass is 35.5. The van der Waals surface area contributed by atoms with Gasteiger partial charge in [0.25, 0.3) is 5.91 Å². The molecule has 2 aliphatic rings. The van der Waals surface area contributed by atoms with Gasteiger partial charge in [0, 0.05) is 44.3 Å². The zero-order valence-corrected chi connectivity index (χ0v) is 17.9. The molecule has 2 heterocycles. The van der Waals surface area contributed by atoms with Crippen LogP contribution in [0.1, 0.15) is 37.6 Å². The molecule has 1 aromatic rings. The normalized spacial score (nSPS) is 27.1. The summed E-state index contributed by atoms with van der Waals surface area (Å²) in [7, 11) is -3.51. The molecule has 8 heteroatoms. The molecule has 0 spiro atoms. The maximum atomic E-state index is 12.9. The van der Waals surface area contributed by atoms with Gasteiger partial charge in [-0.3, -0.25) is 4.79 Å². The van der Waals surface area contributed by atoms with Crippen LogP contribution in [0.3, 0.4) is 0 Å². The fourth-order valence-electron chi connectivity index (χ4n) is 4.03. The molecule has 3 atom stereocenters. The van der Waals surface area contributed by atoms with Gasteiger partial charge in [0.2, 0.25) is 10.0 Å². The number of piperidine rings is 1. The fraction of sp³-hybridized carbons (Fsp3) is 0.632. The lowest BCUT2D eigenvalue weighted by Crippen LogP contribution is -2.52. The van der Waals surface area contributed by atoms with E-state index in [4.69, 9.17) is 0 Å². The highest BCUT2D eigenvalue weighted by molar-refractivity contribution is 7.89. The number of halogens is 1. The molecule has 2 aliphatic heterocycles. The number of carbonyl (C=O) groups excluding carboxylic acids is 1. The van der Waals surface area contributed by atoms with Gasteiger partial charge in [0.05, 0.1) is 4.90 Å². The van der Waals surface area contributed by atoms with Crippen LogP contribution in [0, 0.1) is 11.8 Å². The van der Waals surface area contributed by atoms with Gasteiger partial charge in [-0.1, -0.05) is 13.8 Å². The number of carbonyl (C=O) groups is 1. The van der Waals surface area contributed by atoms with Crippen molar-refractivity contribution in [2.45, 2.75) is 38.1 Å². The number of nitrogens with one attached hydrogen (secondary N) is 1. The van der Waals surface area contributed by atoms with Crippen molar-refractivity contribution >= 4 is 28.3 Å². The van der Waals surface area contributed by atoms with Crippen LogP contribution < -0.4 is 5.32 Å². The van der Waals surface area contributed by atoms with Crippen molar-refractivity contribution in [2.24, 2.45) is 11.8 Å². The summed E-state index contributed by atoms with van der Waals surface area (Å²) in [6, 6.07) is 6.55. The van der Waals surface area contributed by atoms with E-state index in [9.17, 15) is 13.2 Å². The number of hydrogen-bond acceptors (Lipinski definition) is 4. The Kier molecular flexibility index (Phi) is 7.30. The minimum absolute atomic E-state index is 0. The molecule has 1 aromatic carbocycles. The van der Waals surface area contributed by atoms with Crippen molar-refractivity contribution in [3.63, 3.8) is 0 Å². The molecular weight excluding hydrogens is 386 g/mol. The maximum Gasteiger partial charge on any atom is 0.254 e. The second kappa shape index (κ2) is 8.90. The second-order valence-electron chi connectivity index (χ2n) is 7.84. The Bertz CT molecular complexity index is 744. The van der Waals surface area contributed by atoms with E-state index in [0.717, 1.165) is 19.5 Å². The smallest absolute Gasteiger partial charge is 0.254 e. The van der Waals surface area contributed by atoms with Crippen LogP contribution in [0.15, 0.2) is 29.2 Å². The summed E-state index contributed by atoms with van der Waals surface area (Å²) in [5, 5.41) is 3.26. The minimum Gasteiger partial charge on any atom is -0.333 e. The molecule has 3 rings (SSSR count). The zero-order valence-electron chi connectivity index (χ0n) is 16.2. The molecule has 3 unspecified atom stereocenters. The third-order valence-electron chi connectivity index (χ3n) is 5.34. The average molecular weight is 416 g/mol. The maximum absolute atomic E-state index is 12.9. The Morgan fingerprint density at radius 1 is 1.07 bits per heavy atom. The number of benzene rings is 1. The van der Waals surface area contributed by atoms with Crippen LogP contribution in [0.4, 0.5) is 0 Å². The Hall–Kier alpha value is -1.15. The molecule has 27 heavy (non-hydrogen) atoms. The number of sulfonamides is 1. The van der Waals surface area contributed by atoms with E-state index in [0.29, 0.717) is 37.0 Å². The number of rotatable bonds is 3. The zero-order chi connectivity index (χ0) is 18.9. The Balaban J connectivity index is 0.00000261. The second-order valence-corrected chi connectivity index (χ2v) is 9.78. The lowest BCUT2D eigenvalue weighted by Gasteiger charge is -2.34. The van der Waals surface area contributed by atoms with E-state index >= 15 is 0 Å².